The van der Waals surface area contributed by atoms with Gasteiger partial charge in [0.2, 0.25) is 0 Å². The maximum Gasteiger partial charge on any atom is 0.326 e. The lowest BCUT2D eigenvalue weighted by Gasteiger charge is -2.25. The normalized spacial score (nSPS) is 25.3. The highest BCUT2D eigenvalue weighted by molar-refractivity contribution is 5.80. The van der Waals surface area contributed by atoms with Crippen molar-refractivity contribution in [2.45, 2.75) is 45.3 Å². The van der Waals surface area contributed by atoms with Crippen LogP contribution in [0.5, 0.6) is 0 Å². The second-order valence-electron chi connectivity index (χ2n) is 4.91. The van der Waals surface area contributed by atoms with Crippen molar-refractivity contribution in [3.8, 4) is 0 Å². The Morgan fingerprint density at radius 1 is 1.67 bits per heavy atom. The molecule has 4 heteroatoms. The zero-order valence-corrected chi connectivity index (χ0v) is 9.79. The Balaban J connectivity index is 2.43. The molecule has 0 aliphatic carbocycles. The fourth-order valence-corrected chi connectivity index (χ4v) is 1.82. The maximum atomic E-state index is 11.8. The summed E-state index contributed by atoms with van der Waals surface area (Å²) in [5, 5.41) is 0. The summed E-state index contributed by atoms with van der Waals surface area (Å²) in [5.41, 5.74) is 5.05. The molecule has 0 aromatic rings. The van der Waals surface area contributed by atoms with Gasteiger partial charge >= 0.3 is 5.97 Å². The fraction of sp³-hybridized carbons (Fsp3) is 0.909. The minimum Gasteiger partial charge on any atom is -0.458 e. The first-order valence-electron chi connectivity index (χ1n) is 5.49. The number of nitrogens with two attached hydrogens (primary N) is 1. The van der Waals surface area contributed by atoms with E-state index in [1.54, 1.807) is 6.92 Å². The molecule has 2 N–H and O–H groups in total. The van der Waals surface area contributed by atoms with Gasteiger partial charge in [0.25, 0.3) is 0 Å². The van der Waals surface area contributed by atoms with Gasteiger partial charge in [0.1, 0.15) is 11.6 Å². The van der Waals surface area contributed by atoms with Gasteiger partial charge in [-0.15, -0.1) is 0 Å². The van der Waals surface area contributed by atoms with Crippen LogP contribution < -0.4 is 5.73 Å². The van der Waals surface area contributed by atoms with E-state index in [0.717, 1.165) is 6.42 Å². The Kier molecular flexibility index (Phi) is 4.11. The highest BCUT2D eigenvalue weighted by atomic mass is 16.6. The minimum atomic E-state index is -0.878. The number of ether oxygens (including phenoxy) is 2. The molecule has 88 valence electrons. The lowest BCUT2D eigenvalue weighted by Crippen LogP contribution is -2.48. The second-order valence-corrected chi connectivity index (χ2v) is 4.91. The number of carbonyl (C=O) groups excluding carboxylic acids is 1. The Bertz CT molecular complexity index is 220. The molecule has 1 rings (SSSR count). The van der Waals surface area contributed by atoms with E-state index in [4.69, 9.17) is 15.2 Å². The average molecular weight is 215 g/mol. The van der Waals surface area contributed by atoms with Crippen LogP contribution in [0.3, 0.4) is 0 Å². The zero-order valence-electron chi connectivity index (χ0n) is 9.79. The van der Waals surface area contributed by atoms with Gasteiger partial charge in [-0.25, -0.2) is 0 Å². The van der Waals surface area contributed by atoms with Gasteiger partial charge in [0.05, 0.1) is 13.2 Å². The van der Waals surface area contributed by atoms with Crippen LogP contribution in [0.4, 0.5) is 0 Å². The monoisotopic (exact) mass is 215 g/mol. The molecule has 0 amide bonds. The third-order valence-electron chi connectivity index (χ3n) is 2.46. The van der Waals surface area contributed by atoms with Crippen molar-refractivity contribution in [1.29, 1.82) is 0 Å². The van der Waals surface area contributed by atoms with Crippen molar-refractivity contribution >= 4 is 5.97 Å². The summed E-state index contributed by atoms with van der Waals surface area (Å²) in [4.78, 5) is 11.8. The lowest BCUT2D eigenvalue weighted by atomic mass is 9.92. The van der Waals surface area contributed by atoms with Crippen LogP contribution in [0.25, 0.3) is 0 Å². The number of esters is 1. The van der Waals surface area contributed by atoms with Gasteiger partial charge in [-0.3, -0.25) is 4.79 Å². The minimum absolute atomic E-state index is 0.104. The van der Waals surface area contributed by atoms with Crippen molar-refractivity contribution in [2.75, 3.05) is 13.2 Å². The molecule has 1 aliphatic heterocycles. The quantitative estimate of drug-likeness (QED) is 0.713. The van der Waals surface area contributed by atoms with Crippen LogP contribution in [0.2, 0.25) is 0 Å². The van der Waals surface area contributed by atoms with Crippen LogP contribution in [-0.2, 0) is 14.3 Å². The second kappa shape index (κ2) is 4.94. The van der Waals surface area contributed by atoms with E-state index < -0.39 is 5.54 Å². The molecular weight excluding hydrogens is 194 g/mol. The summed E-state index contributed by atoms with van der Waals surface area (Å²) < 4.78 is 10.4. The molecule has 1 fully saturated rings. The first-order valence-corrected chi connectivity index (χ1v) is 5.49. The molecule has 0 aromatic heterocycles. The third-order valence-corrected chi connectivity index (χ3v) is 2.46. The van der Waals surface area contributed by atoms with Gasteiger partial charge in [0, 0.05) is 6.42 Å². The maximum absolute atomic E-state index is 11.8. The summed E-state index contributed by atoms with van der Waals surface area (Å²) in [5.74, 6) is 0.0686. The van der Waals surface area contributed by atoms with Gasteiger partial charge < -0.3 is 15.2 Å². The molecule has 4 nitrogen and oxygen atoms in total. The van der Waals surface area contributed by atoms with E-state index in [1.165, 1.54) is 0 Å². The highest BCUT2D eigenvalue weighted by Crippen LogP contribution is 2.18. The van der Waals surface area contributed by atoms with E-state index in [1.807, 2.05) is 13.8 Å². The first kappa shape index (κ1) is 12.5. The SMILES string of the molecule is CC(C)CC(C)(N)C(=O)OC1CCOC1. The number of rotatable bonds is 4. The van der Waals surface area contributed by atoms with Crippen molar-refractivity contribution < 1.29 is 14.3 Å². The topological polar surface area (TPSA) is 61.6 Å². The molecule has 0 spiro atoms. The van der Waals surface area contributed by atoms with E-state index in [-0.39, 0.29) is 12.1 Å². The van der Waals surface area contributed by atoms with Gasteiger partial charge in [-0.05, 0) is 19.3 Å². The summed E-state index contributed by atoms with van der Waals surface area (Å²) in [7, 11) is 0. The van der Waals surface area contributed by atoms with E-state index in [0.29, 0.717) is 25.6 Å². The van der Waals surface area contributed by atoms with E-state index in [2.05, 4.69) is 0 Å². The molecule has 15 heavy (non-hydrogen) atoms. The molecule has 0 bridgehead atoms. The lowest BCUT2D eigenvalue weighted by molar-refractivity contribution is -0.155. The molecular formula is C11H21NO3. The molecule has 2 atom stereocenters. The van der Waals surface area contributed by atoms with Gasteiger partial charge in [-0.1, -0.05) is 13.8 Å². The van der Waals surface area contributed by atoms with Crippen LogP contribution in [0.1, 0.15) is 33.6 Å². The summed E-state index contributed by atoms with van der Waals surface area (Å²) in [6, 6.07) is 0. The molecule has 1 saturated heterocycles. The van der Waals surface area contributed by atoms with Crippen LogP contribution in [0.15, 0.2) is 0 Å². The largest absolute Gasteiger partial charge is 0.458 e. The van der Waals surface area contributed by atoms with Gasteiger partial charge in [-0.2, -0.15) is 0 Å². The number of hydrogen-bond donors (Lipinski definition) is 1. The first-order chi connectivity index (χ1) is 6.92. The van der Waals surface area contributed by atoms with Crippen molar-refractivity contribution in [2.24, 2.45) is 11.7 Å². The third kappa shape index (κ3) is 3.80. The van der Waals surface area contributed by atoms with Crippen LogP contribution in [0, 0.1) is 5.92 Å². The van der Waals surface area contributed by atoms with E-state index in [9.17, 15) is 4.79 Å². The molecule has 1 aliphatic rings. The molecule has 0 aromatic carbocycles. The van der Waals surface area contributed by atoms with E-state index >= 15 is 0 Å². The molecule has 0 radical (unpaired) electrons. The van der Waals surface area contributed by atoms with Crippen LogP contribution >= 0.6 is 0 Å². The predicted molar refractivity (Wildman–Crippen MR) is 57.4 cm³/mol. The molecule has 2 unspecified atom stereocenters. The predicted octanol–water partition coefficient (Wildman–Crippen LogP) is 1.08. The van der Waals surface area contributed by atoms with Gasteiger partial charge in [0.15, 0.2) is 0 Å². The molecule has 1 heterocycles. The number of hydrogen-bond acceptors (Lipinski definition) is 4. The fourth-order valence-electron chi connectivity index (χ4n) is 1.82. The summed E-state index contributed by atoms with van der Waals surface area (Å²) in [6.07, 6.45) is 1.32. The Morgan fingerprint density at radius 2 is 2.33 bits per heavy atom. The summed E-state index contributed by atoms with van der Waals surface area (Å²) in [6.45, 7) is 6.98. The van der Waals surface area contributed by atoms with Crippen molar-refractivity contribution in [3.05, 3.63) is 0 Å². The van der Waals surface area contributed by atoms with Crippen molar-refractivity contribution in [3.63, 3.8) is 0 Å². The molecule has 0 saturated carbocycles. The number of carbonyl (C=O) groups is 1. The standard InChI is InChI=1S/C11H21NO3/c1-8(2)6-11(3,12)10(13)15-9-4-5-14-7-9/h8-9H,4-7,12H2,1-3H3. The van der Waals surface area contributed by atoms with Crippen LogP contribution in [-0.4, -0.2) is 30.8 Å². The highest BCUT2D eigenvalue weighted by Gasteiger charge is 2.33. The Labute approximate surface area is 91.1 Å². The summed E-state index contributed by atoms with van der Waals surface area (Å²) >= 11 is 0. The Hall–Kier alpha value is -0.610. The van der Waals surface area contributed by atoms with Crippen molar-refractivity contribution in [1.82, 2.24) is 0 Å². The Morgan fingerprint density at radius 3 is 2.80 bits per heavy atom. The smallest absolute Gasteiger partial charge is 0.326 e. The zero-order chi connectivity index (χ0) is 11.5. The average Bonchev–Trinajstić information content (AvgIpc) is 2.54.